The number of hydrogen-bond acceptors (Lipinski definition) is 2. The first-order valence-corrected chi connectivity index (χ1v) is 6.35. The van der Waals surface area contributed by atoms with Crippen molar-refractivity contribution in [3.05, 3.63) is 52.1 Å². The van der Waals surface area contributed by atoms with Crippen LogP contribution >= 0.6 is 22.6 Å². The molecule has 0 saturated heterocycles. The molecule has 2 nitrogen and oxygen atoms in total. The average molecular weight is 335 g/mol. The average Bonchev–Trinajstić information content (AvgIpc) is 2.72. The topological polar surface area (TPSA) is 39.2 Å². The van der Waals surface area contributed by atoms with E-state index < -0.39 is 0 Å². The summed E-state index contributed by atoms with van der Waals surface area (Å²) in [5.41, 5.74) is 8.38. The van der Waals surface area contributed by atoms with E-state index in [1.807, 2.05) is 36.4 Å². The standard InChI is InChI=1S/C14H10INO/c15-11-3-1-2-9(6-11)13-7-10-4-5-12(16)8-14(10)17-13/h1-8H,16H2. The van der Waals surface area contributed by atoms with Crippen LogP contribution in [-0.4, -0.2) is 0 Å². The predicted molar refractivity (Wildman–Crippen MR) is 78.8 cm³/mol. The van der Waals surface area contributed by atoms with Gasteiger partial charge in [-0.05, 0) is 52.9 Å². The second kappa shape index (κ2) is 4.07. The van der Waals surface area contributed by atoms with Gasteiger partial charge in [-0.25, -0.2) is 0 Å². The van der Waals surface area contributed by atoms with Crippen molar-refractivity contribution >= 4 is 39.2 Å². The summed E-state index contributed by atoms with van der Waals surface area (Å²) in [6.45, 7) is 0. The highest BCUT2D eigenvalue weighted by atomic mass is 127. The van der Waals surface area contributed by atoms with Crippen LogP contribution < -0.4 is 5.73 Å². The number of fused-ring (bicyclic) bond motifs is 1. The second-order valence-corrected chi connectivity index (χ2v) is 5.16. The number of furan rings is 1. The monoisotopic (exact) mass is 335 g/mol. The fraction of sp³-hybridized carbons (Fsp3) is 0. The zero-order valence-electron chi connectivity index (χ0n) is 8.98. The molecule has 0 bridgehead atoms. The number of anilines is 1. The molecule has 3 rings (SSSR count). The molecule has 84 valence electrons. The van der Waals surface area contributed by atoms with Crippen LogP contribution in [0.1, 0.15) is 0 Å². The van der Waals surface area contributed by atoms with Gasteiger partial charge in [-0.1, -0.05) is 12.1 Å². The Bertz CT molecular complexity index is 688. The van der Waals surface area contributed by atoms with Gasteiger partial charge in [0.2, 0.25) is 0 Å². The minimum atomic E-state index is 0.723. The zero-order chi connectivity index (χ0) is 11.8. The normalized spacial score (nSPS) is 10.9. The predicted octanol–water partition coefficient (Wildman–Crippen LogP) is 4.29. The Morgan fingerprint density at radius 3 is 2.71 bits per heavy atom. The van der Waals surface area contributed by atoms with Gasteiger partial charge in [-0.15, -0.1) is 0 Å². The van der Waals surface area contributed by atoms with Crippen LogP contribution in [0.15, 0.2) is 52.9 Å². The van der Waals surface area contributed by atoms with E-state index in [0.29, 0.717) is 0 Å². The molecule has 0 atom stereocenters. The van der Waals surface area contributed by atoms with E-state index in [0.717, 1.165) is 28.0 Å². The van der Waals surface area contributed by atoms with Crippen LogP contribution in [0.25, 0.3) is 22.3 Å². The van der Waals surface area contributed by atoms with Crippen molar-refractivity contribution in [1.82, 2.24) is 0 Å². The Labute approximate surface area is 113 Å². The van der Waals surface area contributed by atoms with Gasteiger partial charge in [0.05, 0.1) is 0 Å². The molecular weight excluding hydrogens is 325 g/mol. The summed E-state index contributed by atoms with van der Waals surface area (Å²) in [7, 11) is 0. The fourth-order valence-corrected chi connectivity index (χ4v) is 2.37. The van der Waals surface area contributed by atoms with Gasteiger partial charge in [0.15, 0.2) is 0 Å². The maximum absolute atomic E-state index is 5.81. The van der Waals surface area contributed by atoms with E-state index >= 15 is 0 Å². The summed E-state index contributed by atoms with van der Waals surface area (Å²) >= 11 is 2.29. The maximum Gasteiger partial charge on any atom is 0.136 e. The van der Waals surface area contributed by atoms with Crippen LogP contribution in [0.2, 0.25) is 0 Å². The van der Waals surface area contributed by atoms with E-state index in [4.69, 9.17) is 10.2 Å². The van der Waals surface area contributed by atoms with Crippen LogP contribution in [-0.2, 0) is 0 Å². The molecule has 17 heavy (non-hydrogen) atoms. The van der Waals surface area contributed by atoms with Crippen molar-refractivity contribution in [2.24, 2.45) is 0 Å². The van der Waals surface area contributed by atoms with Gasteiger partial charge in [0, 0.05) is 26.3 Å². The Morgan fingerprint density at radius 2 is 1.88 bits per heavy atom. The molecular formula is C14H10INO. The number of rotatable bonds is 1. The summed E-state index contributed by atoms with van der Waals surface area (Å²) in [6, 6.07) is 16.0. The first-order valence-electron chi connectivity index (χ1n) is 5.27. The van der Waals surface area contributed by atoms with Crippen LogP contribution in [0, 0.1) is 3.57 Å². The van der Waals surface area contributed by atoms with Crippen LogP contribution in [0.4, 0.5) is 5.69 Å². The van der Waals surface area contributed by atoms with Crippen molar-refractivity contribution in [3.8, 4) is 11.3 Å². The van der Waals surface area contributed by atoms with E-state index in [2.05, 4.69) is 34.7 Å². The molecule has 0 radical (unpaired) electrons. The molecule has 0 amide bonds. The molecule has 0 spiro atoms. The first kappa shape index (κ1) is 10.7. The van der Waals surface area contributed by atoms with Crippen molar-refractivity contribution in [2.75, 3.05) is 5.73 Å². The van der Waals surface area contributed by atoms with Crippen molar-refractivity contribution < 1.29 is 4.42 Å². The quantitative estimate of drug-likeness (QED) is 0.532. The molecule has 3 heteroatoms. The van der Waals surface area contributed by atoms with Gasteiger partial charge in [0.25, 0.3) is 0 Å². The summed E-state index contributed by atoms with van der Waals surface area (Å²) < 4.78 is 7.00. The van der Waals surface area contributed by atoms with Gasteiger partial charge in [-0.3, -0.25) is 0 Å². The highest BCUT2D eigenvalue weighted by molar-refractivity contribution is 14.1. The molecule has 0 aliphatic carbocycles. The van der Waals surface area contributed by atoms with Crippen molar-refractivity contribution in [2.45, 2.75) is 0 Å². The molecule has 0 aliphatic rings. The molecule has 2 aromatic carbocycles. The highest BCUT2D eigenvalue weighted by Gasteiger charge is 2.06. The summed E-state index contributed by atoms with van der Waals surface area (Å²) in [4.78, 5) is 0. The Balaban J connectivity index is 2.18. The minimum absolute atomic E-state index is 0.723. The SMILES string of the molecule is Nc1ccc2cc(-c3cccc(I)c3)oc2c1. The molecule has 1 aromatic heterocycles. The molecule has 1 heterocycles. The third-order valence-corrected chi connectivity index (χ3v) is 3.32. The highest BCUT2D eigenvalue weighted by Crippen LogP contribution is 2.29. The molecule has 0 fully saturated rings. The summed E-state index contributed by atoms with van der Waals surface area (Å²) in [5.74, 6) is 0.879. The number of nitrogens with two attached hydrogens (primary N) is 1. The maximum atomic E-state index is 5.81. The number of hydrogen-bond donors (Lipinski definition) is 1. The third kappa shape index (κ3) is 2.02. The minimum Gasteiger partial charge on any atom is -0.456 e. The van der Waals surface area contributed by atoms with E-state index in [-0.39, 0.29) is 0 Å². The molecule has 2 N–H and O–H groups in total. The van der Waals surface area contributed by atoms with Crippen LogP contribution in [0.5, 0.6) is 0 Å². The van der Waals surface area contributed by atoms with Crippen molar-refractivity contribution in [3.63, 3.8) is 0 Å². The van der Waals surface area contributed by atoms with Crippen molar-refractivity contribution in [1.29, 1.82) is 0 Å². The lowest BCUT2D eigenvalue weighted by atomic mass is 10.1. The Kier molecular flexibility index (Phi) is 2.55. The zero-order valence-corrected chi connectivity index (χ0v) is 11.1. The second-order valence-electron chi connectivity index (χ2n) is 3.92. The number of benzene rings is 2. The lowest BCUT2D eigenvalue weighted by Crippen LogP contribution is -1.80. The number of nitrogen functional groups attached to an aromatic ring is 1. The van der Waals surface area contributed by atoms with Gasteiger partial charge in [-0.2, -0.15) is 0 Å². The fourth-order valence-electron chi connectivity index (χ4n) is 1.83. The Hall–Kier alpha value is -1.49. The van der Waals surface area contributed by atoms with E-state index in [1.165, 1.54) is 3.57 Å². The molecule has 0 aliphatic heterocycles. The van der Waals surface area contributed by atoms with Gasteiger partial charge >= 0.3 is 0 Å². The van der Waals surface area contributed by atoms with Crippen LogP contribution in [0.3, 0.4) is 0 Å². The summed E-state index contributed by atoms with van der Waals surface area (Å²) in [6.07, 6.45) is 0. The molecule has 3 aromatic rings. The van der Waals surface area contributed by atoms with E-state index in [9.17, 15) is 0 Å². The Morgan fingerprint density at radius 1 is 1.00 bits per heavy atom. The largest absolute Gasteiger partial charge is 0.456 e. The molecule has 0 saturated carbocycles. The van der Waals surface area contributed by atoms with Gasteiger partial charge in [0.1, 0.15) is 11.3 Å². The first-order chi connectivity index (χ1) is 8.22. The molecule has 0 unspecified atom stereocenters. The lowest BCUT2D eigenvalue weighted by molar-refractivity contribution is 0.631. The number of halogens is 1. The smallest absolute Gasteiger partial charge is 0.136 e. The lowest BCUT2D eigenvalue weighted by Gasteiger charge is -1.96. The van der Waals surface area contributed by atoms with E-state index in [1.54, 1.807) is 0 Å². The van der Waals surface area contributed by atoms with Gasteiger partial charge < -0.3 is 10.2 Å². The third-order valence-electron chi connectivity index (χ3n) is 2.65. The summed E-state index contributed by atoms with van der Waals surface area (Å²) in [5, 5.41) is 1.08.